The van der Waals surface area contributed by atoms with E-state index < -0.39 is 5.97 Å². The van der Waals surface area contributed by atoms with Crippen LogP contribution in [-0.4, -0.2) is 11.1 Å². The van der Waals surface area contributed by atoms with Crippen LogP contribution >= 0.6 is 0 Å². The largest absolute Gasteiger partial charge is 0.481 e. The Balaban J connectivity index is 2.20. The highest BCUT2D eigenvalue weighted by Crippen LogP contribution is 2.26. The van der Waals surface area contributed by atoms with Gasteiger partial charge in [-0.3, -0.25) is 4.79 Å². The van der Waals surface area contributed by atoms with Gasteiger partial charge in [-0.1, -0.05) is 74.4 Å². The Morgan fingerprint density at radius 3 is 2.15 bits per heavy atom. The molecule has 0 saturated heterocycles. The van der Waals surface area contributed by atoms with Gasteiger partial charge in [-0.2, -0.15) is 0 Å². The van der Waals surface area contributed by atoms with Crippen molar-refractivity contribution in [3.05, 3.63) is 60.2 Å². The number of carboxylic acids is 1. The highest BCUT2D eigenvalue weighted by atomic mass is 16.4. The predicted molar refractivity (Wildman–Crippen MR) is 81.8 cm³/mol. The van der Waals surface area contributed by atoms with Crippen LogP contribution in [0.3, 0.4) is 0 Å². The summed E-state index contributed by atoms with van der Waals surface area (Å²) in [6.07, 6.45) is 2.67. The smallest absolute Gasteiger partial charge is 0.310 e. The molecule has 0 unspecified atom stereocenters. The molecule has 2 rings (SSSR count). The molecule has 0 radical (unpaired) electrons. The number of aliphatic carboxylic acids is 1. The minimum atomic E-state index is -0.731. The lowest BCUT2D eigenvalue weighted by Crippen LogP contribution is -2.11. The van der Waals surface area contributed by atoms with E-state index in [1.165, 1.54) is 0 Å². The highest BCUT2D eigenvalue weighted by Gasteiger charge is 2.18. The predicted octanol–water partition coefficient (Wildman–Crippen LogP) is 4.71. The number of carbonyl (C=O) groups is 1. The maximum Gasteiger partial charge on any atom is 0.310 e. The molecule has 1 atom stereocenters. The normalized spacial score (nSPS) is 12.1. The minimum absolute atomic E-state index is 0.389. The van der Waals surface area contributed by atoms with Crippen molar-refractivity contribution in [3.63, 3.8) is 0 Å². The van der Waals surface area contributed by atoms with Gasteiger partial charge in [0.1, 0.15) is 0 Å². The molecule has 0 aromatic heterocycles. The van der Waals surface area contributed by atoms with E-state index in [0.717, 1.165) is 29.5 Å². The first kappa shape index (κ1) is 14.3. The first-order chi connectivity index (χ1) is 9.72. The Bertz CT molecular complexity index is 543. The van der Waals surface area contributed by atoms with Crippen molar-refractivity contribution < 1.29 is 9.90 Å². The molecule has 0 spiro atoms. The molecular weight excluding hydrogens is 248 g/mol. The summed E-state index contributed by atoms with van der Waals surface area (Å²) >= 11 is 0. The summed E-state index contributed by atoms with van der Waals surface area (Å²) in [6.45, 7) is 2.08. The molecule has 2 aromatic carbocycles. The standard InChI is InChI=1S/C18H20O2/c1-2-3-9-17(18(19)20)16-12-10-15(11-13-16)14-7-5-4-6-8-14/h4-8,10-13,17H,2-3,9H2,1H3,(H,19,20)/t17-/m1/s1. The Labute approximate surface area is 120 Å². The zero-order valence-corrected chi connectivity index (χ0v) is 11.8. The summed E-state index contributed by atoms with van der Waals surface area (Å²) in [6, 6.07) is 18.0. The van der Waals surface area contributed by atoms with E-state index in [4.69, 9.17) is 0 Å². The third-order valence-electron chi connectivity index (χ3n) is 3.56. The summed E-state index contributed by atoms with van der Waals surface area (Å²) in [5.74, 6) is -1.12. The van der Waals surface area contributed by atoms with Crippen LogP contribution in [0.4, 0.5) is 0 Å². The topological polar surface area (TPSA) is 37.3 Å². The van der Waals surface area contributed by atoms with Gasteiger partial charge < -0.3 is 5.11 Å². The van der Waals surface area contributed by atoms with E-state index in [-0.39, 0.29) is 5.92 Å². The number of unbranched alkanes of at least 4 members (excludes halogenated alkanes) is 1. The van der Waals surface area contributed by atoms with E-state index in [2.05, 4.69) is 19.1 Å². The average molecular weight is 268 g/mol. The molecule has 0 aliphatic carbocycles. The molecule has 1 N–H and O–H groups in total. The molecule has 0 saturated carbocycles. The summed E-state index contributed by atoms with van der Waals surface area (Å²) in [5.41, 5.74) is 3.17. The minimum Gasteiger partial charge on any atom is -0.481 e. The van der Waals surface area contributed by atoms with E-state index in [1.54, 1.807) is 0 Å². The van der Waals surface area contributed by atoms with Gasteiger partial charge in [0.05, 0.1) is 5.92 Å². The molecule has 104 valence electrons. The van der Waals surface area contributed by atoms with Crippen molar-refractivity contribution in [2.24, 2.45) is 0 Å². The van der Waals surface area contributed by atoms with Gasteiger partial charge in [0, 0.05) is 0 Å². The van der Waals surface area contributed by atoms with Crippen LogP contribution in [-0.2, 0) is 4.79 Å². The molecule has 2 nitrogen and oxygen atoms in total. The zero-order valence-electron chi connectivity index (χ0n) is 11.8. The third-order valence-corrected chi connectivity index (χ3v) is 3.56. The fourth-order valence-corrected chi connectivity index (χ4v) is 2.38. The third kappa shape index (κ3) is 3.47. The summed E-state index contributed by atoms with van der Waals surface area (Å²) in [4.78, 5) is 11.4. The number of carboxylic acid groups (broad SMARTS) is 1. The molecule has 2 aromatic rings. The van der Waals surface area contributed by atoms with E-state index in [1.807, 2.05) is 42.5 Å². The number of rotatable bonds is 6. The fraction of sp³-hybridized carbons (Fsp3) is 0.278. The van der Waals surface area contributed by atoms with Crippen molar-refractivity contribution >= 4 is 5.97 Å². The SMILES string of the molecule is CCCC[C@@H](C(=O)O)c1ccc(-c2ccccc2)cc1. The van der Waals surface area contributed by atoms with Gasteiger partial charge >= 0.3 is 5.97 Å². The first-order valence-electron chi connectivity index (χ1n) is 7.10. The summed E-state index contributed by atoms with van der Waals surface area (Å²) in [7, 11) is 0. The van der Waals surface area contributed by atoms with Gasteiger partial charge in [-0.05, 0) is 23.1 Å². The molecule has 20 heavy (non-hydrogen) atoms. The molecule has 0 aliphatic heterocycles. The fourth-order valence-electron chi connectivity index (χ4n) is 2.38. The molecule has 0 amide bonds. The van der Waals surface area contributed by atoms with Gasteiger partial charge in [0.2, 0.25) is 0 Å². The van der Waals surface area contributed by atoms with Gasteiger partial charge in [0.15, 0.2) is 0 Å². The second-order valence-corrected chi connectivity index (χ2v) is 5.02. The Morgan fingerprint density at radius 2 is 1.60 bits per heavy atom. The quantitative estimate of drug-likeness (QED) is 0.823. The van der Waals surface area contributed by atoms with Crippen LogP contribution in [0.25, 0.3) is 11.1 Å². The number of hydrogen-bond donors (Lipinski definition) is 1. The molecule has 0 bridgehead atoms. The van der Waals surface area contributed by atoms with Crippen LogP contribution < -0.4 is 0 Å². The Kier molecular flexibility index (Phi) is 4.94. The molecule has 0 heterocycles. The number of benzene rings is 2. The van der Waals surface area contributed by atoms with Crippen LogP contribution in [0.5, 0.6) is 0 Å². The zero-order chi connectivity index (χ0) is 14.4. The lowest BCUT2D eigenvalue weighted by atomic mass is 9.92. The molecule has 0 fully saturated rings. The lowest BCUT2D eigenvalue weighted by Gasteiger charge is -2.13. The molecule has 2 heteroatoms. The Morgan fingerprint density at radius 1 is 1.00 bits per heavy atom. The van der Waals surface area contributed by atoms with E-state index in [0.29, 0.717) is 6.42 Å². The average Bonchev–Trinajstić information content (AvgIpc) is 2.49. The van der Waals surface area contributed by atoms with Gasteiger partial charge in [-0.15, -0.1) is 0 Å². The van der Waals surface area contributed by atoms with Crippen molar-refractivity contribution in [2.75, 3.05) is 0 Å². The maximum absolute atomic E-state index is 11.4. The molecular formula is C18H20O2. The van der Waals surface area contributed by atoms with E-state index >= 15 is 0 Å². The monoisotopic (exact) mass is 268 g/mol. The van der Waals surface area contributed by atoms with Crippen LogP contribution in [0.2, 0.25) is 0 Å². The van der Waals surface area contributed by atoms with Crippen LogP contribution in [0.1, 0.15) is 37.7 Å². The second kappa shape index (κ2) is 6.90. The molecule has 0 aliphatic rings. The van der Waals surface area contributed by atoms with Crippen molar-refractivity contribution in [1.29, 1.82) is 0 Å². The van der Waals surface area contributed by atoms with Gasteiger partial charge in [-0.25, -0.2) is 0 Å². The van der Waals surface area contributed by atoms with Gasteiger partial charge in [0.25, 0.3) is 0 Å². The van der Waals surface area contributed by atoms with Crippen molar-refractivity contribution in [3.8, 4) is 11.1 Å². The van der Waals surface area contributed by atoms with E-state index in [9.17, 15) is 9.90 Å². The second-order valence-electron chi connectivity index (χ2n) is 5.02. The Hall–Kier alpha value is -2.09. The van der Waals surface area contributed by atoms with Crippen molar-refractivity contribution in [1.82, 2.24) is 0 Å². The van der Waals surface area contributed by atoms with Crippen molar-refractivity contribution in [2.45, 2.75) is 32.1 Å². The maximum atomic E-state index is 11.4. The summed E-state index contributed by atoms with van der Waals surface area (Å²) < 4.78 is 0. The summed E-state index contributed by atoms with van der Waals surface area (Å²) in [5, 5.41) is 9.34. The lowest BCUT2D eigenvalue weighted by molar-refractivity contribution is -0.139. The number of hydrogen-bond acceptors (Lipinski definition) is 1. The first-order valence-corrected chi connectivity index (χ1v) is 7.10. The van der Waals surface area contributed by atoms with Crippen LogP contribution in [0, 0.1) is 0 Å². The van der Waals surface area contributed by atoms with Crippen LogP contribution in [0.15, 0.2) is 54.6 Å². The highest BCUT2D eigenvalue weighted by molar-refractivity contribution is 5.76.